The number of carbonyl (C=O) groups excluding carboxylic acids is 2. The van der Waals surface area contributed by atoms with Gasteiger partial charge in [0.1, 0.15) is 11.0 Å². The molecule has 0 saturated carbocycles. The largest absolute Gasteiger partial charge is 0.325 e. The number of rotatable bonds is 7. The van der Waals surface area contributed by atoms with Crippen molar-refractivity contribution in [1.82, 2.24) is 0 Å². The van der Waals surface area contributed by atoms with E-state index in [0.717, 1.165) is 17.5 Å². The van der Waals surface area contributed by atoms with Crippen molar-refractivity contribution in [2.24, 2.45) is 0 Å². The summed E-state index contributed by atoms with van der Waals surface area (Å²) in [5.74, 6) is -2.10. The molecule has 0 spiro atoms. The summed E-state index contributed by atoms with van der Waals surface area (Å²) in [6, 6.07) is 14.2. The van der Waals surface area contributed by atoms with Gasteiger partial charge < -0.3 is 10.6 Å². The van der Waals surface area contributed by atoms with Crippen LogP contribution < -0.4 is 10.6 Å². The molecular formula is C20H24N2O4S. The van der Waals surface area contributed by atoms with Crippen LogP contribution in [0.4, 0.5) is 11.4 Å². The number of carbonyl (C=O) groups is 2. The molecule has 7 heteroatoms. The molecule has 0 aliphatic heterocycles. The number of sulfone groups is 1. The number of hydrogen-bond acceptors (Lipinski definition) is 4. The second-order valence-corrected chi connectivity index (χ2v) is 8.72. The monoisotopic (exact) mass is 388 g/mol. The molecule has 0 aliphatic carbocycles. The van der Waals surface area contributed by atoms with Crippen LogP contribution in [0.5, 0.6) is 0 Å². The molecule has 0 aromatic heterocycles. The molecule has 0 heterocycles. The number of amides is 2. The third-order valence-corrected chi connectivity index (χ3v) is 6.16. The Morgan fingerprint density at radius 1 is 0.926 bits per heavy atom. The maximum Gasteiger partial charge on any atom is 0.242 e. The number of anilines is 2. The average Bonchev–Trinajstić information content (AvgIpc) is 2.63. The fourth-order valence-electron chi connectivity index (χ4n) is 2.37. The maximum absolute atomic E-state index is 12.4. The van der Waals surface area contributed by atoms with E-state index in [0.29, 0.717) is 11.4 Å². The smallest absolute Gasteiger partial charge is 0.242 e. The lowest BCUT2D eigenvalue weighted by Crippen LogP contribution is -2.37. The van der Waals surface area contributed by atoms with Crippen molar-refractivity contribution in [3.05, 3.63) is 59.7 Å². The van der Waals surface area contributed by atoms with Crippen molar-refractivity contribution >= 4 is 33.0 Å². The summed E-state index contributed by atoms with van der Waals surface area (Å²) in [4.78, 5) is 24.3. The van der Waals surface area contributed by atoms with E-state index in [1.807, 2.05) is 38.1 Å². The van der Waals surface area contributed by atoms with Crippen molar-refractivity contribution in [1.29, 1.82) is 0 Å². The topological polar surface area (TPSA) is 92.3 Å². The lowest BCUT2D eigenvalue weighted by Gasteiger charge is -2.14. The van der Waals surface area contributed by atoms with Crippen LogP contribution in [0.25, 0.3) is 0 Å². The quantitative estimate of drug-likeness (QED) is 0.763. The van der Waals surface area contributed by atoms with Gasteiger partial charge in [-0.3, -0.25) is 9.59 Å². The van der Waals surface area contributed by atoms with Gasteiger partial charge >= 0.3 is 0 Å². The van der Waals surface area contributed by atoms with Crippen LogP contribution in [0.3, 0.4) is 0 Å². The third kappa shape index (κ3) is 5.92. The highest BCUT2D eigenvalue weighted by Gasteiger charge is 2.30. The van der Waals surface area contributed by atoms with E-state index in [1.165, 1.54) is 6.92 Å². The number of benzene rings is 2. The summed E-state index contributed by atoms with van der Waals surface area (Å²) in [7, 11) is -3.94. The molecule has 0 aliphatic rings. The normalized spacial score (nSPS) is 12.3. The number of hydrogen-bond donors (Lipinski definition) is 2. The van der Waals surface area contributed by atoms with E-state index < -0.39 is 32.7 Å². The van der Waals surface area contributed by atoms with E-state index in [4.69, 9.17) is 0 Å². The predicted octanol–water partition coefficient (Wildman–Crippen LogP) is 2.94. The minimum absolute atomic E-state index is 0.508. The summed E-state index contributed by atoms with van der Waals surface area (Å²) in [6.07, 6.45) is 0.870. The van der Waals surface area contributed by atoms with Gasteiger partial charge in [0.05, 0.1) is 0 Å². The zero-order chi connectivity index (χ0) is 20.0. The van der Waals surface area contributed by atoms with Crippen LogP contribution in [-0.4, -0.2) is 31.2 Å². The second-order valence-electron chi connectivity index (χ2n) is 6.40. The van der Waals surface area contributed by atoms with Gasteiger partial charge in [-0.2, -0.15) is 0 Å². The highest BCUT2D eigenvalue weighted by atomic mass is 32.2. The first-order valence-electron chi connectivity index (χ1n) is 8.69. The van der Waals surface area contributed by atoms with Crippen molar-refractivity contribution in [3.63, 3.8) is 0 Å². The molecule has 2 aromatic rings. The summed E-state index contributed by atoms with van der Waals surface area (Å²) < 4.78 is 24.8. The lowest BCUT2D eigenvalue weighted by molar-refractivity contribution is -0.115. The standard InChI is InChI=1S/C20H24N2O4S/c1-4-16-7-11-18(12-8-16)22-20(24)15(3)27(25,26)13-19(23)21-17-9-5-14(2)6-10-17/h5-12,15H,4,13H2,1-3H3,(H,21,23)(H,22,24)/t15-/m0/s1. The van der Waals surface area contributed by atoms with Crippen molar-refractivity contribution in [2.75, 3.05) is 16.4 Å². The molecule has 2 amide bonds. The third-order valence-electron chi connectivity index (χ3n) is 4.21. The van der Waals surface area contributed by atoms with Crippen LogP contribution in [0.15, 0.2) is 48.5 Å². The summed E-state index contributed by atoms with van der Waals surface area (Å²) in [5, 5.41) is 3.77. The van der Waals surface area contributed by atoms with E-state index in [1.54, 1.807) is 24.3 Å². The fraction of sp³-hybridized carbons (Fsp3) is 0.300. The van der Waals surface area contributed by atoms with Gasteiger partial charge in [0, 0.05) is 11.4 Å². The van der Waals surface area contributed by atoms with Gasteiger partial charge in [-0.05, 0) is 50.1 Å². The molecule has 2 N–H and O–H groups in total. The summed E-state index contributed by atoms with van der Waals surface area (Å²) in [6.45, 7) is 5.21. The Bertz CT molecular complexity index is 904. The fourth-order valence-corrected chi connectivity index (χ4v) is 3.45. The first-order valence-corrected chi connectivity index (χ1v) is 10.4. The Morgan fingerprint density at radius 2 is 1.44 bits per heavy atom. The second kappa shape index (κ2) is 8.81. The van der Waals surface area contributed by atoms with Gasteiger partial charge in [0.25, 0.3) is 0 Å². The van der Waals surface area contributed by atoms with E-state index in [2.05, 4.69) is 10.6 Å². The molecule has 0 unspecified atom stereocenters. The van der Waals surface area contributed by atoms with Crippen molar-refractivity contribution in [3.8, 4) is 0 Å². The molecule has 0 radical (unpaired) electrons. The van der Waals surface area contributed by atoms with Crippen LogP contribution in [-0.2, 0) is 25.8 Å². The Balaban J connectivity index is 1.97. The minimum Gasteiger partial charge on any atom is -0.325 e. The van der Waals surface area contributed by atoms with Gasteiger partial charge in [-0.15, -0.1) is 0 Å². The molecule has 0 fully saturated rings. The van der Waals surface area contributed by atoms with Crippen LogP contribution in [0.1, 0.15) is 25.0 Å². The van der Waals surface area contributed by atoms with E-state index in [-0.39, 0.29) is 0 Å². The van der Waals surface area contributed by atoms with Crippen LogP contribution in [0, 0.1) is 6.92 Å². The molecule has 6 nitrogen and oxygen atoms in total. The van der Waals surface area contributed by atoms with Crippen LogP contribution in [0.2, 0.25) is 0 Å². The Hall–Kier alpha value is -2.67. The van der Waals surface area contributed by atoms with Gasteiger partial charge in [-0.25, -0.2) is 8.42 Å². The molecule has 2 aromatic carbocycles. The van der Waals surface area contributed by atoms with Gasteiger partial charge in [0.2, 0.25) is 11.8 Å². The maximum atomic E-state index is 12.4. The first-order chi connectivity index (χ1) is 12.7. The van der Waals surface area contributed by atoms with Crippen molar-refractivity contribution < 1.29 is 18.0 Å². The highest BCUT2D eigenvalue weighted by molar-refractivity contribution is 7.93. The first kappa shape index (κ1) is 20.6. The average molecular weight is 388 g/mol. The molecule has 2 rings (SSSR count). The molecule has 144 valence electrons. The highest BCUT2D eigenvalue weighted by Crippen LogP contribution is 2.13. The number of nitrogens with one attached hydrogen (secondary N) is 2. The zero-order valence-corrected chi connectivity index (χ0v) is 16.5. The Morgan fingerprint density at radius 3 is 2.00 bits per heavy atom. The summed E-state index contributed by atoms with van der Waals surface area (Å²) >= 11 is 0. The summed E-state index contributed by atoms with van der Waals surface area (Å²) in [5.41, 5.74) is 3.16. The molecule has 27 heavy (non-hydrogen) atoms. The van der Waals surface area contributed by atoms with Crippen molar-refractivity contribution in [2.45, 2.75) is 32.4 Å². The SMILES string of the molecule is CCc1ccc(NC(=O)[C@H](C)S(=O)(=O)CC(=O)Nc2ccc(C)cc2)cc1. The molecule has 0 bridgehead atoms. The van der Waals surface area contributed by atoms with E-state index in [9.17, 15) is 18.0 Å². The van der Waals surface area contributed by atoms with E-state index >= 15 is 0 Å². The lowest BCUT2D eigenvalue weighted by atomic mass is 10.1. The van der Waals surface area contributed by atoms with Gasteiger partial charge in [-0.1, -0.05) is 36.8 Å². The van der Waals surface area contributed by atoms with Gasteiger partial charge in [0.15, 0.2) is 9.84 Å². The van der Waals surface area contributed by atoms with Crippen LogP contribution >= 0.6 is 0 Å². The zero-order valence-electron chi connectivity index (χ0n) is 15.7. The predicted molar refractivity (Wildman–Crippen MR) is 108 cm³/mol. The minimum atomic E-state index is -3.94. The molecule has 0 saturated heterocycles. The molecule has 1 atom stereocenters. The number of aryl methyl sites for hydroxylation is 2. The molecular weight excluding hydrogens is 364 g/mol. The Labute approximate surface area is 159 Å². The Kier molecular flexibility index (Phi) is 6.74.